The van der Waals surface area contributed by atoms with Gasteiger partial charge in [-0.3, -0.25) is 0 Å². The van der Waals surface area contributed by atoms with E-state index in [1.165, 1.54) is 0 Å². The van der Waals surface area contributed by atoms with E-state index in [9.17, 15) is 0 Å². The number of rotatable bonds is 5. The first-order chi connectivity index (χ1) is 10.1. The minimum Gasteiger partial charge on any atom is -0.493 e. The molecule has 0 bridgehead atoms. The topological polar surface area (TPSA) is 30.5 Å². The molecule has 0 heterocycles. The molecule has 0 aliphatic heterocycles. The van der Waals surface area contributed by atoms with Crippen LogP contribution in [0.5, 0.6) is 11.5 Å². The Balaban J connectivity index is 2.22. The highest BCUT2D eigenvalue weighted by Crippen LogP contribution is 2.38. The summed E-state index contributed by atoms with van der Waals surface area (Å²) < 4.78 is 11.3. The van der Waals surface area contributed by atoms with Gasteiger partial charge in [-0.1, -0.05) is 35.3 Å². The van der Waals surface area contributed by atoms with Crippen molar-refractivity contribution in [3.8, 4) is 11.5 Å². The van der Waals surface area contributed by atoms with E-state index in [4.69, 9.17) is 32.7 Å². The SMILES string of the molecule is COc1ccc(CNc2cccc(Cl)c2Br)c(Cl)c1OC. The average molecular weight is 391 g/mol. The van der Waals surface area contributed by atoms with Crippen LogP contribution in [-0.2, 0) is 6.54 Å². The van der Waals surface area contributed by atoms with Gasteiger partial charge in [0.2, 0.25) is 0 Å². The Kier molecular flexibility index (Phi) is 5.62. The Morgan fingerprint density at radius 2 is 1.86 bits per heavy atom. The molecule has 2 aromatic rings. The zero-order chi connectivity index (χ0) is 15.4. The van der Waals surface area contributed by atoms with Crippen molar-refractivity contribution in [1.29, 1.82) is 0 Å². The first-order valence-corrected chi connectivity index (χ1v) is 7.70. The fraction of sp³-hybridized carbons (Fsp3) is 0.200. The number of hydrogen-bond acceptors (Lipinski definition) is 3. The van der Waals surface area contributed by atoms with Crippen LogP contribution in [0.15, 0.2) is 34.8 Å². The molecule has 0 saturated heterocycles. The smallest absolute Gasteiger partial charge is 0.179 e. The van der Waals surface area contributed by atoms with Crippen molar-refractivity contribution >= 4 is 44.8 Å². The highest BCUT2D eigenvalue weighted by Gasteiger charge is 2.13. The van der Waals surface area contributed by atoms with Crippen LogP contribution in [-0.4, -0.2) is 14.2 Å². The maximum atomic E-state index is 6.35. The van der Waals surface area contributed by atoms with Gasteiger partial charge in [-0.2, -0.15) is 0 Å². The van der Waals surface area contributed by atoms with Crippen LogP contribution >= 0.6 is 39.1 Å². The van der Waals surface area contributed by atoms with Crippen molar-refractivity contribution in [2.75, 3.05) is 19.5 Å². The summed E-state index contributed by atoms with van der Waals surface area (Å²) in [4.78, 5) is 0. The van der Waals surface area contributed by atoms with Gasteiger partial charge in [-0.15, -0.1) is 0 Å². The monoisotopic (exact) mass is 389 g/mol. The second-order valence-electron chi connectivity index (χ2n) is 4.23. The second-order valence-corrected chi connectivity index (χ2v) is 5.81. The van der Waals surface area contributed by atoms with Gasteiger partial charge in [0.05, 0.1) is 34.4 Å². The minimum absolute atomic E-state index is 0.530. The van der Waals surface area contributed by atoms with Crippen LogP contribution < -0.4 is 14.8 Å². The summed E-state index contributed by atoms with van der Waals surface area (Å²) in [5.74, 6) is 1.14. The molecule has 2 aromatic carbocycles. The van der Waals surface area contributed by atoms with Crippen LogP contribution in [0.4, 0.5) is 5.69 Å². The molecule has 0 fully saturated rings. The molecular formula is C15H14BrCl2NO2. The highest BCUT2D eigenvalue weighted by molar-refractivity contribution is 9.10. The van der Waals surface area contributed by atoms with Gasteiger partial charge >= 0.3 is 0 Å². The first-order valence-electron chi connectivity index (χ1n) is 6.15. The van der Waals surface area contributed by atoms with Crippen molar-refractivity contribution in [2.24, 2.45) is 0 Å². The van der Waals surface area contributed by atoms with Gasteiger partial charge < -0.3 is 14.8 Å². The summed E-state index contributed by atoms with van der Waals surface area (Å²) in [5.41, 5.74) is 1.80. The predicted molar refractivity (Wildman–Crippen MR) is 91.0 cm³/mol. The molecule has 3 nitrogen and oxygen atoms in total. The van der Waals surface area contributed by atoms with Crippen molar-refractivity contribution in [3.05, 3.63) is 50.4 Å². The average Bonchev–Trinajstić information content (AvgIpc) is 2.49. The number of methoxy groups -OCH3 is 2. The molecule has 6 heteroatoms. The maximum Gasteiger partial charge on any atom is 0.179 e. The molecule has 0 aliphatic carbocycles. The van der Waals surface area contributed by atoms with Gasteiger partial charge in [-0.05, 0) is 39.7 Å². The summed E-state index contributed by atoms with van der Waals surface area (Å²) in [5, 5.41) is 4.47. The fourth-order valence-corrected chi connectivity index (χ4v) is 2.78. The lowest BCUT2D eigenvalue weighted by Crippen LogP contribution is -2.02. The normalized spacial score (nSPS) is 10.3. The van der Waals surface area contributed by atoms with E-state index >= 15 is 0 Å². The minimum atomic E-state index is 0.530. The lowest BCUT2D eigenvalue weighted by atomic mass is 10.2. The summed E-state index contributed by atoms with van der Waals surface area (Å²) >= 11 is 15.9. The van der Waals surface area contributed by atoms with Crippen LogP contribution in [0.3, 0.4) is 0 Å². The molecule has 0 saturated carbocycles. The molecule has 21 heavy (non-hydrogen) atoms. The van der Waals surface area contributed by atoms with Crippen molar-refractivity contribution in [1.82, 2.24) is 0 Å². The lowest BCUT2D eigenvalue weighted by molar-refractivity contribution is 0.355. The number of benzene rings is 2. The summed E-state index contributed by atoms with van der Waals surface area (Å²) in [6, 6.07) is 9.36. The molecule has 0 radical (unpaired) electrons. The number of hydrogen-bond donors (Lipinski definition) is 1. The van der Waals surface area contributed by atoms with E-state index in [1.807, 2.05) is 30.3 Å². The van der Waals surface area contributed by atoms with Gasteiger partial charge in [0.1, 0.15) is 0 Å². The molecule has 112 valence electrons. The molecule has 0 unspecified atom stereocenters. The summed E-state index contributed by atoms with van der Waals surface area (Å²) in [7, 11) is 3.14. The van der Waals surface area contributed by atoms with Gasteiger partial charge in [0.15, 0.2) is 11.5 Å². The third kappa shape index (κ3) is 3.57. The van der Waals surface area contributed by atoms with Crippen LogP contribution in [0.1, 0.15) is 5.56 Å². The van der Waals surface area contributed by atoms with Crippen LogP contribution in [0.25, 0.3) is 0 Å². The molecule has 0 aromatic heterocycles. The van der Waals surface area contributed by atoms with Crippen molar-refractivity contribution < 1.29 is 9.47 Å². The number of anilines is 1. The molecule has 1 N–H and O–H groups in total. The Bertz CT molecular complexity index is 650. The lowest BCUT2D eigenvalue weighted by Gasteiger charge is -2.14. The van der Waals surface area contributed by atoms with E-state index in [-0.39, 0.29) is 0 Å². The van der Waals surface area contributed by atoms with Gasteiger partial charge in [0.25, 0.3) is 0 Å². The van der Waals surface area contributed by atoms with Crippen molar-refractivity contribution in [2.45, 2.75) is 6.54 Å². The van der Waals surface area contributed by atoms with E-state index in [0.717, 1.165) is 15.7 Å². The van der Waals surface area contributed by atoms with Gasteiger partial charge in [-0.25, -0.2) is 0 Å². The summed E-state index contributed by atoms with van der Waals surface area (Å²) in [6.07, 6.45) is 0. The molecule has 0 aliphatic rings. The second kappa shape index (κ2) is 7.25. The molecule has 2 rings (SSSR count). The third-order valence-corrected chi connectivity index (χ3v) is 4.80. The number of nitrogens with one attached hydrogen (secondary N) is 1. The Morgan fingerprint density at radius 1 is 1.10 bits per heavy atom. The number of halogens is 3. The fourth-order valence-electron chi connectivity index (χ4n) is 1.90. The highest BCUT2D eigenvalue weighted by atomic mass is 79.9. The van der Waals surface area contributed by atoms with Gasteiger partial charge in [0, 0.05) is 6.54 Å². The largest absolute Gasteiger partial charge is 0.493 e. The quantitative estimate of drug-likeness (QED) is 0.742. The number of ether oxygens (including phenoxy) is 2. The van der Waals surface area contributed by atoms with Crippen LogP contribution in [0.2, 0.25) is 10.0 Å². The Labute approximate surface area is 142 Å². The van der Waals surface area contributed by atoms with E-state index < -0.39 is 0 Å². The van der Waals surface area contributed by atoms with Crippen LogP contribution in [0, 0.1) is 0 Å². The molecule has 0 spiro atoms. The third-order valence-electron chi connectivity index (χ3n) is 2.99. The van der Waals surface area contributed by atoms with Crippen molar-refractivity contribution in [3.63, 3.8) is 0 Å². The molecular weight excluding hydrogens is 377 g/mol. The zero-order valence-electron chi connectivity index (χ0n) is 11.5. The maximum absolute atomic E-state index is 6.35. The zero-order valence-corrected chi connectivity index (χ0v) is 14.6. The van der Waals surface area contributed by atoms with E-state index in [1.54, 1.807) is 14.2 Å². The molecule has 0 amide bonds. The Hall–Kier alpha value is -1.10. The standard InChI is InChI=1S/C15H14BrCl2NO2/c1-20-12-7-6-9(14(18)15(12)21-2)8-19-11-5-3-4-10(17)13(11)16/h3-7,19H,8H2,1-2H3. The Morgan fingerprint density at radius 3 is 2.52 bits per heavy atom. The van der Waals surface area contributed by atoms with E-state index in [2.05, 4.69) is 21.2 Å². The first kappa shape index (κ1) is 16.3. The predicted octanol–water partition coefficient (Wildman–Crippen LogP) is 5.39. The van der Waals surface area contributed by atoms with E-state index in [0.29, 0.717) is 28.1 Å². The molecule has 0 atom stereocenters. The summed E-state index contributed by atoms with van der Waals surface area (Å²) in [6.45, 7) is 0.540.